The fourth-order valence-corrected chi connectivity index (χ4v) is 4.14. The third-order valence-corrected chi connectivity index (χ3v) is 6.39. The van der Waals surface area contributed by atoms with Crippen molar-refractivity contribution in [3.63, 3.8) is 0 Å². The molecule has 39 heavy (non-hydrogen) atoms. The Kier molecular flexibility index (Phi) is 8.31. The number of methoxy groups -OCH3 is 1. The van der Waals surface area contributed by atoms with Crippen molar-refractivity contribution in [2.75, 3.05) is 30.1 Å². The van der Waals surface area contributed by atoms with Crippen LogP contribution in [0.3, 0.4) is 0 Å². The molecule has 3 amide bonds. The third-order valence-electron chi connectivity index (χ3n) is 5.42. The number of aliphatic hydroxyl groups excluding tert-OH is 1. The van der Waals surface area contributed by atoms with Gasteiger partial charge in [0, 0.05) is 11.6 Å². The highest BCUT2D eigenvalue weighted by molar-refractivity contribution is 7.19. The molecular weight excluding hydrogens is 536 g/mol. The van der Waals surface area contributed by atoms with Gasteiger partial charge < -0.3 is 30.7 Å². The van der Waals surface area contributed by atoms with Crippen molar-refractivity contribution in [2.24, 2.45) is 0 Å². The van der Waals surface area contributed by atoms with Gasteiger partial charge in [-0.05, 0) is 30.7 Å². The first-order valence-electron chi connectivity index (χ1n) is 11.5. The molecule has 0 bridgehead atoms. The smallest absolute Gasteiger partial charge is 0.321 e. The lowest BCUT2D eigenvalue weighted by Gasteiger charge is -2.13. The molecule has 12 nitrogen and oxygen atoms in total. The van der Waals surface area contributed by atoms with Crippen molar-refractivity contribution in [3.8, 4) is 27.9 Å². The van der Waals surface area contributed by atoms with Gasteiger partial charge in [-0.3, -0.25) is 10.1 Å². The summed E-state index contributed by atoms with van der Waals surface area (Å²) in [4.78, 5) is 33.1. The maximum Gasteiger partial charge on any atom is 0.321 e. The molecule has 1 atom stereocenters. The second-order valence-electron chi connectivity index (χ2n) is 8.04. The number of thiazole rings is 1. The van der Waals surface area contributed by atoms with E-state index >= 15 is 0 Å². The van der Waals surface area contributed by atoms with E-state index in [4.69, 9.17) is 15.0 Å². The predicted molar refractivity (Wildman–Crippen MR) is 139 cm³/mol. The number of ether oxygens (including phenoxy) is 1. The Balaban J connectivity index is 1.55. The monoisotopic (exact) mass is 559 g/mol. The Morgan fingerprint density at radius 2 is 1.97 bits per heavy atom. The second-order valence-corrected chi connectivity index (χ2v) is 9.04. The first-order valence-corrected chi connectivity index (χ1v) is 12.3. The van der Waals surface area contributed by atoms with Crippen LogP contribution in [0.25, 0.3) is 22.2 Å². The minimum atomic E-state index is -1.01. The SMILES string of the molecule is CCC(CO)NC(=O)Nc1nc(N)c(-c2nc(-c3cc(NC(=O)c4cccc(OC)c4)c(F)cc3F)no2)s1. The number of nitrogens with zero attached hydrogens (tertiary/aromatic N) is 3. The second kappa shape index (κ2) is 11.8. The number of nitrogens with one attached hydrogen (secondary N) is 3. The minimum Gasteiger partial charge on any atom is -0.497 e. The summed E-state index contributed by atoms with van der Waals surface area (Å²) < 4.78 is 39.5. The van der Waals surface area contributed by atoms with Crippen LogP contribution in [0, 0.1) is 11.6 Å². The van der Waals surface area contributed by atoms with E-state index in [1.165, 1.54) is 19.2 Å². The molecule has 6 N–H and O–H groups in total. The highest BCUT2D eigenvalue weighted by Gasteiger charge is 2.22. The molecule has 4 rings (SSSR count). The number of hydrogen-bond donors (Lipinski definition) is 5. The van der Waals surface area contributed by atoms with E-state index in [1.54, 1.807) is 19.1 Å². The van der Waals surface area contributed by atoms with Crippen LogP contribution in [0.4, 0.5) is 30.2 Å². The lowest BCUT2D eigenvalue weighted by Crippen LogP contribution is -2.39. The first-order chi connectivity index (χ1) is 18.7. The number of amides is 3. The van der Waals surface area contributed by atoms with Crippen molar-refractivity contribution < 1.29 is 32.7 Å². The molecule has 4 aromatic rings. The zero-order valence-corrected chi connectivity index (χ0v) is 21.4. The van der Waals surface area contributed by atoms with Gasteiger partial charge in [-0.1, -0.05) is 29.5 Å². The van der Waals surface area contributed by atoms with Crippen LogP contribution < -0.4 is 26.4 Å². The topological polar surface area (TPSA) is 178 Å². The lowest BCUT2D eigenvalue weighted by atomic mass is 10.1. The predicted octanol–water partition coefficient (Wildman–Crippen LogP) is 3.87. The number of aliphatic hydroxyl groups is 1. The maximum atomic E-state index is 14.7. The Labute approximate surface area is 224 Å². The minimum absolute atomic E-state index is 0.0366. The molecule has 0 saturated heterocycles. The average Bonchev–Trinajstić information content (AvgIpc) is 3.55. The van der Waals surface area contributed by atoms with Gasteiger partial charge in [-0.15, -0.1) is 0 Å². The van der Waals surface area contributed by atoms with E-state index in [9.17, 15) is 23.5 Å². The van der Waals surface area contributed by atoms with Crippen LogP contribution in [0.15, 0.2) is 40.9 Å². The fraction of sp³-hybridized carbons (Fsp3) is 0.208. The summed E-state index contributed by atoms with van der Waals surface area (Å²) in [5.41, 5.74) is 5.57. The number of nitrogen functional groups attached to an aromatic ring is 1. The summed E-state index contributed by atoms with van der Waals surface area (Å²) in [6, 6.07) is 6.80. The molecule has 0 spiro atoms. The van der Waals surface area contributed by atoms with E-state index in [1.807, 2.05) is 0 Å². The van der Waals surface area contributed by atoms with E-state index in [-0.39, 0.29) is 51.0 Å². The van der Waals surface area contributed by atoms with Gasteiger partial charge in [0.25, 0.3) is 11.8 Å². The van der Waals surface area contributed by atoms with Crippen molar-refractivity contribution in [2.45, 2.75) is 19.4 Å². The van der Waals surface area contributed by atoms with Crippen molar-refractivity contribution in [1.82, 2.24) is 20.4 Å². The molecular formula is C24H23F2N7O5S. The normalized spacial score (nSPS) is 11.6. The standard InChI is InChI=1S/C24H23F2N7O5S/c1-3-12(10-34)28-23(36)32-24-30-19(27)18(39-24)22-31-20(33-38-22)14-8-17(16(26)9-15(14)25)29-21(35)11-5-4-6-13(7-11)37-2/h4-9,12,34H,3,10,27H2,1-2H3,(H,29,35)(H2,28,30,32,36). The molecule has 0 aliphatic heterocycles. The first kappa shape index (κ1) is 27.4. The van der Waals surface area contributed by atoms with Crippen LogP contribution in [-0.4, -0.2) is 51.9 Å². The summed E-state index contributed by atoms with van der Waals surface area (Å²) in [7, 11) is 1.44. The number of rotatable bonds is 9. The quantitative estimate of drug-likeness (QED) is 0.204. The lowest BCUT2D eigenvalue weighted by molar-refractivity contribution is 0.102. The summed E-state index contributed by atoms with van der Waals surface area (Å²) in [5.74, 6) is -2.63. The van der Waals surface area contributed by atoms with Gasteiger partial charge in [-0.2, -0.15) is 4.98 Å². The number of aromatic nitrogens is 3. The number of carbonyl (C=O) groups is 2. The molecule has 0 fully saturated rings. The molecule has 204 valence electrons. The van der Waals surface area contributed by atoms with Crippen molar-refractivity contribution in [3.05, 3.63) is 53.6 Å². The zero-order valence-electron chi connectivity index (χ0n) is 20.6. The molecule has 2 aromatic heterocycles. The highest BCUT2D eigenvalue weighted by Crippen LogP contribution is 2.35. The molecule has 0 aliphatic rings. The largest absolute Gasteiger partial charge is 0.497 e. The summed E-state index contributed by atoms with van der Waals surface area (Å²) >= 11 is 0.923. The molecule has 2 heterocycles. The number of carbonyl (C=O) groups excluding carboxylic acids is 2. The summed E-state index contributed by atoms with van der Waals surface area (Å²) in [6.07, 6.45) is 0.520. The molecule has 0 aliphatic carbocycles. The van der Waals surface area contributed by atoms with E-state index < -0.39 is 29.6 Å². The van der Waals surface area contributed by atoms with Gasteiger partial charge in [0.1, 0.15) is 28.1 Å². The summed E-state index contributed by atoms with van der Waals surface area (Å²) in [5, 5.41) is 20.5. The van der Waals surface area contributed by atoms with Gasteiger partial charge in [0.2, 0.25) is 5.82 Å². The Bertz CT molecular complexity index is 1510. The Morgan fingerprint density at radius 1 is 1.18 bits per heavy atom. The van der Waals surface area contributed by atoms with E-state index in [0.29, 0.717) is 18.2 Å². The van der Waals surface area contributed by atoms with E-state index in [2.05, 4.69) is 31.1 Å². The van der Waals surface area contributed by atoms with Crippen LogP contribution in [0.5, 0.6) is 5.75 Å². The zero-order chi connectivity index (χ0) is 28.1. The molecule has 1 unspecified atom stereocenters. The maximum absolute atomic E-state index is 14.7. The summed E-state index contributed by atoms with van der Waals surface area (Å²) in [6.45, 7) is 1.57. The Morgan fingerprint density at radius 3 is 2.69 bits per heavy atom. The van der Waals surface area contributed by atoms with Crippen molar-refractivity contribution in [1.29, 1.82) is 0 Å². The van der Waals surface area contributed by atoms with Gasteiger partial charge in [0.15, 0.2) is 5.13 Å². The van der Waals surface area contributed by atoms with Crippen LogP contribution in [0.1, 0.15) is 23.7 Å². The van der Waals surface area contributed by atoms with Crippen LogP contribution in [0.2, 0.25) is 0 Å². The number of hydrogen-bond acceptors (Lipinski definition) is 10. The third kappa shape index (κ3) is 6.27. The number of halogens is 2. The molecule has 2 aromatic carbocycles. The van der Waals surface area contributed by atoms with Crippen LogP contribution in [-0.2, 0) is 0 Å². The number of urea groups is 1. The molecule has 15 heteroatoms. The number of nitrogens with two attached hydrogens (primary N) is 1. The van der Waals surface area contributed by atoms with Gasteiger partial charge >= 0.3 is 6.03 Å². The van der Waals surface area contributed by atoms with Gasteiger partial charge in [-0.25, -0.2) is 18.6 Å². The Hall–Kier alpha value is -4.63. The van der Waals surface area contributed by atoms with Crippen LogP contribution >= 0.6 is 11.3 Å². The number of anilines is 3. The van der Waals surface area contributed by atoms with Crippen molar-refractivity contribution >= 4 is 39.9 Å². The molecule has 0 saturated carbocycles. The fourth-order valence-electron chi connectivity index (χ4n) is 3.33. The molecule has 0 radical (unpaired) electrons. The number of benzene rings is 2. The van der Waals surface area contributed by atoms with E-state index in [0.717, 1.165) is 17.4 Å². The highest BCUT2D eigenvalue weighted by atomic mass is 32.1. The average molecular weight is 560 g/mol. The van der Waals surface area contributed by atoms with Gasteiger partial charge in [0.05, 0.1) is 31.0 Å².